The number of carbonyl (C=O) groups is 1. The van der Waals surface area contributed by atoms with Crippen LogP contribution < -0.4 is 10.6 Å². The highest BCUT2D eigenvalue weighted by Gasteiger charge is 2.40. The molecule has 1 amide bonds. The zero-order chi connectivity index (χ0) is 16.7. The Morgan fingerprint density at radius 3 is 2.42 bits per heavy atom. The number of carbonyl (C=O) groups excluding carboxylic acids is 1. The lowest BCUT2D eigenvalue weighted by Crippen LogP contribution is -2.56. The van der Waals surface area contributed by atoms with Gasteiger partial charge in [0.1, 0.15) is 0 Å². The molecule has 4 fully saturated rings. The van der Waals surface area contributed by atoms with Crippen molar-refractivity contribution in [3.05, 3.63) is 18.2 Å². The number of nitrogen functional groups attached to an aromatic ring is 1. The monoisotopic (exact) mass is 333 g/mol. The highest BCUT2D eigenvalue weighted by Crippen LogP contribution is 2.34. The summed E-state index contributed by atoms with van der Waals surface area (Å²) in [4.78, 5) is 23.0. The lowest BCUT2D eigenvalue weighted by molar-refractivity contribution is -0.142. The quantitative estimate of drug-likeness (QED) is 0.867. The van der Waals surface area contributed by atoms with Crippen LogP contribution in [-0.2, 0) is 4.79 Å². The van der Waals surface area contributed by atoms with Gasteiger partial charge in [-0.15, -0.1) is 0 Å². The number of hydrogen-bond donors (Lipinski definition) is 1. The van der Waals surface area contributed by atoms with Gasteiger partial charge < -0.3 is 20.4 Å². The van der Waals surface area contributed by atoms with Crippen LogP contribution in [-0.4, -0.2) is 66.5 Å². The van der Waals surface area contributed by atoms with Crippen LogP contribution in [0.2, 0.25) is 0 Å². The van der Waals surface area contributed by atoms with Crippen molar-refractivity contribution in [1.82, 2.24) is 14.8 Å². The van der Waals surface area contributed by atoms with Gasteiger partial charge in [-0.1, -0.05) is 0 Å². The summed E-state index contributed by atoms with van der Waals surface area (Å²) in [5, 5.41) is 0. The van der Waals surface area contributed by atoms with Gasteiger partial charge in [-0.3, -0.25) is 9.78 Å². The first-order chi connectivity index (χ1) is 11.6. The number of halogens is 1. The van der Waals surface area contributed by atoms with Gasteiger partial charge >= 0.3 is 0 Å². The molecule has 1 atom stereocenters. The van der Waals surface area contributed by atoms with Crippen LogP contribution in [0.15, 0.2) is 12.4 Å². The Morgan fingerprint density at radius 1 is 1.12 bits per heavy atom. The van der Waals surface area contributed by atoms with Gasteiger partial charge in [-0.25, -0.2) is 4.39 Å². The van der Waals surface area contributed by atoms with Crippen molar-refractivity contribution >= 4 is 17.3 Å². The first-order valence-electron chi connectivity index (χ1n) is 8.78. The predicted molar refractivity (Wildman–Crippen MR) is 90.1 cm³/mol. The summed E-state index contributed by atoms with van der Waals surface area (Å²) in [5.74, 6) is 0.593. The molecule has 5 heterocycles. The van der Waals surface area contributed by atoms with E-state index in [4.69, 9.17) is 5.73 Å². The van der Waals surface area contributed by atoms with E-state index in [1.165, 1.54) is 12.4 Å². The third-order valence-corrected chi connectivity index (χ3v) is 5.78. The SMILES string of the molecule is Nc1cncc(F)c1N1CCN(C(=O)C2CN3CCC2CC3)CC1. The molecule has 7 heteroatoms. The Kier molecular flexibility index (Phi) is 4.04. The molecule has 0 spiro atoms. The normalized spacial score (nSPS) is 29.8. The van der Waals surface area contributed by atoms with E-state index < -0.39 is 5.82 Å². The summed E-state index contributed by atoms with van der Waals surface area (Å²) >= 11 is 0. The number of nitrogens with two attached hydrogens (primary N) is 1. The Labute approximate surface area is 141 Å². The van der Waals surface area contributed by atoms with Crippen molar-refractivity contribution < 1.29 is 9.18 Å². The van der Waals surface area contributed by atoms with E-state index in [2.05, 4.69) is 9.88 Å². The molecule has 2 bridgehead atoms. The summed E-state index contributed by atoms with van der Waals surface area (Å²) in [6.45, 7) is 5.67. The number of amides is 1. The van der Waals surface area contributed by atoms with E-state index in [1.54, 1.807) is 0 Å². The van der Waals surface area contributed by atoms with Crippen LogP contribution in [0, 0.1) is 17.7 Å². The van der Waals surface area contributed by atoms with Gasteiger partial charge in [0.05, 0.1) is 29.7 Å². The predicted octanol–water partition coefficient (Wildman–Crippen LogP) is 0.793. The van der Waals surface area contributed by atoms with E-state index in [9.17, 15) is 9.18 Å². The van der Waals surface area contributed by atoms with Gasteiger partial charge in [0.25, 0.3) is 0 Å². The number of piperidine rings is 3. The molecule has 130 valence electrons. The zero-order valence-electron chi connectivity index (χ0n) is 13.8. The molecule has 0 radical (unpaired) electrons. The number of nitrogens with zero attached hydrogens (tertiary/aromatic N) is 4. The fourth-order valence-corrected chi connectivity index (χ4v) is 4.41. The van der Waals surface area contributed by atoms with Crippen LogP contribution in [0.3, 0.4) is 0 Å². The topological polar surface area (TPSA) is 65.7 Å². The molecular formula is C17H24FN5O. The number of aromatic nitrogens is 1. The molecule has 4 aliphatic rings. The number of hydrogen-bond acceptors (Lipinski definition) is 5. The average molecular weight is 333 g/mol. The maximum absolute atomic E-state index is 14.0. The Bertz CT molecular complexity index is 603. The second kappa shape index (κ2) is 6.20. The van der Waals surface area contributed by atoms with Crippen molar-refractivity contribution in [2.45, 2.75) is 12.8 Å². The van der Waals surface area contributed by atoms with Gasteiger partial charge in [0, 0.05) is 32.7 Å². The Hall–Kier alpha value is -1.89. The van der Waals surface area contributed by atoms with Gasteiger partial charge in [0.15, 0.2) is 5.82 Å². The minimum atomic E-state index is -0.396. The minimum absolute atomic E-state index is 0.154. The summed E-state index contributed by atoms with van der Waals surface area (Å²) in [5.41, 5.74) is 6.64. The van der Waals surface area contributed by atoms with Crippen molar-refractivity contribution in [2.24, 2.45) is 11.8 Å². The van der Waals surface area contributed by atoms with Crippen LogP contribution in [0.1, 0.15) is 12.8 Å². The third-order valence-electron chi connectivity index (χ3n) is 5.78. The van der Waals surface area contributed by atoms with Gasteiger partial charge in [-0.2, -0.15) is 0 Å². The number of fused-ring (bicyclic) bond motifs is 3. The summed E-state index contributed by atoms with van der Waals surface area (Å²) < 4.78 is 14.0. The number of anilines is 2. The Balaban J connectivity index is 1.40. The smallest absolute Gasteiger partial charge is 0.227 e. The second-order valence-electron chi connectivity index (χ2n) is 7.12. The lowest BCUT2D eigenvalue weighted by Gasteiger charge is -2.46. The molecule has 0 aromatic carbocycles. The zero-order valence-corrected chi connectivity index (χ0v) is 13.8. The molecule has 1 aromatic rings. The van der Waals surface area contributed by atoms with E-state index >= 15 is 0 Å². The number of rotatable bonds is 2. The molecule has 4 saturated heterocycles. The summed E-state index contributed by atoms with van der Waals surface area (Å²) in [6.07, 6.45) is 4.96. The van der Waals surface area contributed by atoms with Gasteiger partial charge in [0.2, 0.25) is 5.91 Å². The molecule has 24 heavy (non-hydrogen) atoms. The molecule has 2 N–H and O–H groups in total. The summed E-state index contributed by atoms with van der Waals surface area (Å²) in [7, 11) is 0. The van der Waals surface area contributed by atoms with Crippen LogP contribution >= 0.6 is 0 Å². The van der Waals surface area contributed by atoms with Crippen LogP contribution in [0.25, 0.3) is 0 Å². The van der Waals surface area contributed by atoms with Crippen molar-refractivity contribution in [2.75, 3.05) is 56.4 Å². The largest absolute Gasteiger partial charge is 0.396 e. The third kappa shape index (κ3) is 2.70. The molecule has 0 saturated carbocycles. The molecule has 6 nitrogen and oxygen atoms in total. The fraction of sp³-hybridized carbons (Fsp3) is 0.647. The fourth-order valence-electron chi connectivity index (χ4n) is 4.41. The number of pyridine rings is 1. The lowest BCUT2D eigenvalue weighted by atomic mass is 9.78. The maximum atomic E-state index is 14.0. The van der Waals surface area contributed by atoms with E-state index in [0.717, 1.165) is 32.5 Å². The molecule has 1 unspecified atom stereocenters. The van der Waals surface area contributed by atoms with E-state index in [1.807, 2.05) is 9.80 Å². The first kappa shape index (κ1) is 15.6. The second-order valence-corrected chi connectivity index (χ2v) is 7.12. The Morgan fingerprint density at radius 2 is 1.83 bits per heavy atom. The first-order valence-corrected chi connectivity index (χ1v) is 8.78. The van der Waals surface area contributed by atoms with E-state index in [0.29, 0.717) is 43.5 Å². The number of piperazine rings is 1. The van der Waals surface area contributed by atoms with E-state index in [-0.39, 0.29) is 11.8 Å². The van der Waals surface area contributed by atoms with Crippen LogP contribution in [0.5, 0.6) is 0 Å². The standard InChI is InChI=1S/C17H24FN5O/c18-14-9-20-10-15(19)16(14)22-5-7-23(8-6-22)17(24)13-11-21-3-1-12(13)2-4-21/h9-10,12-13H,1-8,11,19H2. The highest BCUT2D eigenvalue weighted by molar-refractivity contribution is 5.80. The molecule has 1 aromatic heterocycles. The van der Waals surface area contributed by atoms with Gasteiger partial charge in [-0.05, 0) is 31.8 Å². The molecular weight excluding hydrogens is 309 g/mol. The highest BCUT2D eigenvalue weighted by atomic mass is 19.1. The van der Waals surface area contributed by atoms with Crippen molar-refractivity contribution in [1.29, 1.82) is 0 Å². The average Bonchev–Trinajstić information content (AvgIpc) is 2.62. The summed E-state index contributed by atoms with van der Waals surface area (Å²) in [6, 6.07) is 0. The van der Waals surface area contributed by atoms with Crippen LogP contribution in [0.4, 0.5) is 15.8 Å². The minimum Gasteiger partial charge on any atom is -0.396 e. The molecule has 4 aliphatic heterocycles. The molecule has 0 aliphatic carbocycles. The van der Waals surface area contributed by atoms with Crippen molar-refractivity contribution in [3.8, 4) is 0 Å². The van der Waals surface area contributed by atoms with Crippen molar-refractivity contribution in [3.63, 3.8) is 0 Å². The maximum Gasteiger partial charge on any atom is 0.227 e. The molecule has 5 rings (SSSR count).